The molecule has 1 N–H and O–H groups in total. The number of H-pyrrole nitrogens is 1. The van der Waals surface area contributed by atoms with E-state index in [0.717, 1.165) is 12.3 Å². The largest absolute Gasteiger partial charge is 0.313 e. The van der Waals surface area contributed by atoms with Crippen LogP contribution in [0, 0.1) is 10.1 Å². The molecular weight excluding hydrogens is 188 g/mol. The van der Waals surface area contributed by atoms with E-state index >= 15 is 0 Å². The first-order valence-electron chi connectivity index (χ1n) is 3.66. The maximum atomic E-state index is 11.2. The van der Waals surface area contributed by atoms with E-state index < -0.39 is 10.5 Å². The van der Waals surface area contributed by atoms with Crippen molar-refractivity contribution in [2.75, 3.05) is 0 Å². The number of hydrogen-bond donors (Lipinski definition) is 1. The van der Waals surface area contributed by atoms with Crippen LogP contribution in [-0.2, 0) is 0 Å². The Hall–Kier alpha value is -2.31. The van der Waals surface area contributed by atoms with Gasteiger partial charge in [0.2, 0.25) is 0 Å². The van der Waals surface area contributed by atoms with E-state index in [9.17, 15) is 14.9 Å². The third-order valence-corrected chi connectivity index (χ3v) is 1.69. The van der Waals surface area contributed by atoms with Crippen LogP contribution in [0.15, 0.2) is 23.4 Å². The van der Waals surface area contributed by atoms with Gasteiger partial charge in [0.25, 0.3) is 11.2 Å². The van der Waals surface area contributed by atoms with Gasteiger partial charge in [-0.05, 0) is 0 Å². The fraction of sp³-hybridized carbons (Fsp3) is 0. The number of fused-ring (bicyclic) bond motifs is 1. The number of nitrogens with one attached hydrogen (secondary N) is 1. The Balaban J connectivity index is 2.83. The Bertz CT molecular complexity index is 562. The average molecular weight is 192 g/mol. The molecule has 0 radical (unpaired) electrons. The SMILES string of the molecule is O=c1[nH]cnc2ncc([N+](=O)[O-])cc12. The second-order valence-corrected chi connectivity index (χ2v) is 2.55. The molecule has 0 spiro atoms. The molecule has 2 heterocycles. The highest BCUT2D eigenvalue weighted by molar-refractivity contribution is 5.75. The minimum absolute atomic E-state index is 0.113. The summed E-state index contributed by atoms with van der Waals surface area (Å²) < 4.78 is 0. The van der Waals surface area contributed by atoms with Crippen molar-refractivity contribution in [3.05, 3.63) is 39.1 Å². The van der Waals surface area contributed by atoms with Gasteiger partial charge < -0.3 is 4.98 Å². The zero-order valence-electron chi connectivity index (χ0n) is 6.80. The number of hydrogen-bond acceptors (Lipinski definition) is 5. The van der Waals surface area contributed by atoms with Crippen LogP contribution in [0.4, 0.5) is 5.69 Å². The summed E-state index contributed by atoms with van der Waals surface area (Å²) in [6.45, 7) is 0. The van der Waals surface area contributed by atoms with Gasteiger partial charge in [0.1, 0.15) is 6.20 Å². The summed E-state index contributed by atoms with van der Waals surface area (Å²) in [5.41, 5.74) is -0.471. The maximum Gasteiger partial charge on any atom is 0.288 e. The third kappa shape index (κ3) is 1.20. The molecule has 0 unspecified atom stereocenters. The number of nitrogens with zero attached hydrogens (tertiary/aromatic N) is 3. The molecule has 0 aliphatic heterocycles. The average Bonchev–Trinajstić information content (AvgIpc) is 2.18. The highest BCUT2D eigenvalue weighted by Crippen LogP contribution is 2.12. The second-order valence-electron chi connectivity index (χ2n) is 2.55. The first kappa shape index (κ1) is 8.30. The molecule has 2 aromatic heterocycles. The minimum atomic E-state index is -0.612. The highest BCUT2D eigenvalue weighted by atomic mass is 16.6. The lowest BCUT2D eigenvalue weighted by molar-refractivity contribution is -0.385. The van der Waals surface area contributed by atoms with E-state index in [2.05, 4.69) is 15.0 Å². The summed E-state index contributed by atoms with van der Waals surface area (Å²) in [5, 5.41) is 10.5. The monoisotopic (exact) mass is 192 g/mol. The van der Waals surface area contributed by atoms with Gasteiger partial charge >= 0.3 is 0 Å². The van der Waals surface area contributed by atoms with Crippen LogP contribution in [0.2, 0.25) is 0 Å². The summed E-state index contributed by atoms with van der Waals surface area (Å²) in [6.07, 6.45) is 2.26. The Morgan fingerprint density at radius 1 is 1.43 bits per heavy atom. The van der Waals surface area contributed by atoms with Crippen molar-refractivity contribution in [2.45, 2.75) is 0 Å². The minimum Gasteiger partial charge on any atom is -0.313 e. The third-order valence-electron chi connectivity index (χ3n) is 1.69. The van der Waals surface area contributed by atoms with Crippen LogP contribution >= 0.6 is 0 Å². The standard InChI is InChI=1S/C7H4N4O3/c12-7-5-1-4(11(13)14)2-8-6(5)9-3-10-7/h1-3H,(H,8,9,10,12). The van der Waals surface area contributed by atoms with Gasteiger partial charge in [-0.1, -0.05) is 0 Å². The van der Waals surface area contributed by atoms with Crippen molar-refractivity contribution < 1.29 is 4.92 Å². The maximum absolute atomic E-state index is 11.2. The van der Waals surface area contributed by atoms with Crippen molar-refractivity contribution in [1.82, 2.24) is 15.0 Å². The molecule has 70 valence electrons. The molecule has 0 atom stereocenters. The smallest absolute Gasteiger partial charge is 0.288 e. The number of nitro groups is 1. The fourth-order valence-electron chi connectivity index (χ4n) is 1.05. The van der Waals surface area contributed by atoms with Crippen molar-refractivity contribution in [3.63, 3.8) is 0 Å². The van der Waals surface area contributed by atoms with E-state index in [1.54, 1.807) is 0 Å². The molecule has 0 bridgehead atoms. The molecule has 7 heteroatoms. The molecule has 7 nitrogen and oxygen atoms in total. The van der Waals surface area contributed by atoms with Gasteiger partial charge in [0.05, 0.1) is 16.6 Å². The van der Waals surface area contributed by atoms with Crippen molar-refractivity contribution in [2.24, 2.45) is 0 Å². The number of aromatic amines is 1. The quantitative estimate of drug-likeness (QED) is 0.514. The molecule has 0 aromatic carbocycles. The first-order valence-corrected chi connectivity index (χ1v) is 3.66. The number of pyridine rings is 1. The molecule has 14 heavy (non-hydrogen) atoms. The van der Waals surface area contributed by atoms with Crippen LogP contribution in [-0.4, -0.2) is 19.9 Å². The summed E-state index contributed by atoms with van der Waals surface area (Å²) in [6, 6.07) is 1.15. The Morgan fingerprint density at radius 3 is 2.93 bits per heavy atom. The Labute approximate surface area is 76.6 Å². The lowest BCUT2D eigenvalue weighted by Crippen LogP contribution is -2.07. The lowest BCUT2D eigenvalue weighted by Gasteiger charge is -1.93. The van der Waals surface area contributed by atoms with Crippen molar-refractivity contribution >= 4 is 16.7 Å². The fourth-order valence-corrected chi connectivity index (χ4v) is 1.05. The molecule has 0 fully saturated rings. The second kappa shape index (κ2) is 2.87. The molecule has 2 rings (SSSR count). The van der Waals surface area contributed by atoms with E-state index in [4.69, 9.17) is 0 Å². The van der Waals surface area contributed by atoms with Gasteiger partial charge in [-0.15, -0.1) is 0 Å². The van der Waals surface area contributed by atoms with Crippen LogP contribution < -0.4 is 5.56 Å². The van der Waals surface area contributed by atoms with Crippen molar-refractivity contribution in [3.8, 4) is 0 Å². The summed E-state index contributed by atoms with van der Waals surface area (Å²) in [4.78, 5) is 30.7. The summed E-state index contributed by atoms with van der Waals surface area (Å²) in [7, 11) is 0. The van der Waals surface area contributed by atoms with Gasteiger partial charge in [0, 0.05) is 6.07 Å². The van der Waals surface area contributed by atoms with Crippen LogP contribution in [0.3, 0.4) is 0 Å². The first-order chi connectivity index (χ1) is 6.68. The van der Waals surface area contributed by atoms with E-state index in [-0.39, 0.29) is 16.7 Å². The van der Waals surface area contributed by atoms with Gasteiger partial charge in [-0.25, -0.2) is 9.97 Å². The predicted molar refractivity (Wildman–Crippen MR) is 46.8 cm³/mol. The Morgan fingerprint density at radius 2 is 2.21 bits per heavy atom. The zero-order valence-corrected chi connectivity index (χ0v) is 6.80. The number of aromatic nitrogens is 3. The van der Waals surface area contributed by atoms with Gasteiger partial charge in [-0.3, -0.25) is 14.9 Å². The predicted octanol–water partition coefficient (Wildman–Crippen LogP) is 0.226. The molecule has 0 amide bonds. The van der Waals surface area contributed by atoms with Gasteiger partial charge in [-0.2, -0.15) is 0 Å². The molecule has 2 aromatic rings. The normalized spacial score (nSPS) is 10.3. The molecular formula is C7H4N4O3. The van der Waals surface area contributed by atoms with E-state index in [1.165, 1.54) is 6.33 Å². The lowest BCUT2D eigenvalue weighted by atomic mass is 10.3. The van der Waals surface area contributed by atoms with Crippen LogP contribution in [0.1, 0.15) is 0 Å². The molecule has 0 saturated heterocycles. The Kier molecular flexibility index (Phi) is 1.70. The summed E-state index contributed by atoms with van der Waals surface area (Å²) in [5.74, 6) is 0. The molecule has 0 aliphatic carbocycles. The van der Waals surface area contributed by atoms with Crippen LogP contribution in [0.5, 0.6) is 0 Å². The molecule has 0 saturated carbocycles. The van der Waals surface area contributed by atoms with E-state index in [1.807, 2.05) is 0 Å². The van der Waals surface area contributed by atoms with Crippen LogP contribution in [0.25, 0.3) is 11.0 Å². The number of rotatable bonds is 1. The molecule has 0 aliphatic rings. The zero-order chi connectivity index (χ0) is 10.1. The van der Waals surface area contributed by atoms with E-state index in [0.29, 0.717) is 0 Å². The van der Waals surface area contributed by atoms with Gasteiger partial charge in [0.15, 0.2) is 5.65 Å². The topological polar surface area (TPSA) is 102 Å². The van der Waals surface area contributed by atoms with Crippen molar-refractivity contribution in [1.29, 1.82) is 0 Å². The highest BCUT2D eigenvalue weighted by Gasteiger charge is 2.09. The summed E-state index contributed by atoms with van der Waals surface area (Å²) >= 11 is 0.